The molecule has 1 saturated heterocycles. The van der Waals surface area contributed by atoms with Gasteiger partial charge in [-0.1, -0.05) is 73.1 Å². The maximum Gasteiger partial charge on any atom is 0.315 e. The maximum atomic E-state index is 14.4. The van der Waals surface area contributed by atoms with Crippen molar-refractivity contribution in [1.29, 1.82) is 0 Å². The quantitative estimate of drug-likeness (QED) is 0.242. The Kier molecular flexibility index (Phi) is 10.2. The molecular weight excluding hydrogens is 622 g/mol. The number of carbonyl (C=O) groups excluding carboxylic acids is 5. The van der Waals surface area contributed by atoms with Crippen LogP contribution in [0.25, 0.3) is 0 Å². The highest BCUT2D eigenvalue weighted by Gasteiger charge is 2.70. The summed E-state index contributed by atoms with van der Waals surface area (Å²) in [6.07, 6.45) is 6.73. The molecule has 0 aromatic heterocycles. The lowest BCUT2D eigenvalue weighted by molar-refractivity contribution is -0.145. The van der Waals surface area contributed by atoms with Crippen molar-refractivity contribution in [2.45, 2.75) is 142 Å². The molecule has 1 aliphatic heterocycles. The molecule has 5 atom stereocenters. The molecule has 3 saturated carbocycles. The van der Waals surface area contributed by atoms with Gasteiger partial charge in [-0.05, 0) is 68.6 Å². The van der Waals surface area contributed by atoms with Crippen molar-refractivity contribution in [1.82, 2.24) is 20.9 Å². The van der Waals surface area contributed by atoms with Crippen LogP contribution in [0.1, 0.15) is 113 Å². The van der Waals surface area contributed by atoms with E-state index in [1.165, 1.54) is 4.90 Å². The summed E-state index contributed by atoms with van der Waals surface area (Å²) in [6, 6.07) is -3.59. The summed E-state index contributed by atoms with van der Waals surface area (Å²) in [4.78, 5) is 68.1. The Hall–Kier alpha value is -2.70. The molecule has 4 fully saturated rings. The highest BCUT2D eigenvalue weighted by atomic mass is 32.2. The second kappa shape index (κ2) is 13.0. The van der Waals surface area contributed by atoms with Gasteiger partial charge in [-0.25, -0.2) is 13.2 Å². The van der Waals surface area contributed by atoms with Gasteiger partial charge in [0.15, 0.2) is 9.84 Å². The Labute approximate surface area is 280 Å². The van der Waals surface area contributed by atoms with Crippen molar-refractivity contribution in [3.63, 3.8) is 0 Å². The highest BCUT2D eigenvalue weighted by molar-refractivity contribution is 7.92. The lowest BCUT2D eigenvalue weighted by Crippen LogP contribution is -2.64. The molecule has 12 nitrogen and oxygen atoms in total. The minimum atomic E-state index is -3.56. The first-order valence-corrected chi connectivity index (χ1v) is 18.9. The number of rotatable bonds is 11. The van der Waals surface area contributed by atoms with Gasteiger partial charge in [0.25, 0.3) is 5.91 Å². The topological polar surface area (TPSA) is 185 Å². The average Bonchev–Trinajstić information content (AvgIpc) is 3.23. The average molecular weight is 680 g/mol. The maximum absolute atomic E-state index is 14.4. The first kappa shape index (κ1) is 37.1. The van der Waals surface area contributed by atoms with E-state index in [9.17, 15) is 32.4 Å². The highest BCUT2D eigenvalue weighted by Crippen LogP contribution is 2.65. The van der Waals surface area contributed by atoms with Crippen LogP contribution in [0.15, 0.2) is 0 Å². The second-order valence-electron chi connectivity index (χ2n) is 17.3. The Bertz CT molecular complexity index is 1370. The largest absolute Gasteiger partial charge is 0.363 e. The molecular formula is C34H57N5O7S. The molecule has 5 amide bonds. The first-order valence-electron chi connectivity index (χ1n) is 17.3. The number of nitrogens with zero attached hydrogens (tertiary/aromatic N) is 1. The minimum Gasteiger partial charge on any atom is -0.363 e. The van der Waals surface area contributed by atoms with E-state index < -0.39 is 73.2 Å². The number of ketones is 1. The van der Waals surface area contributed by atoms with Gasteiger partial charge < -0.3 is 26.6 Å². The van der Waals surface area contributed by atoms with Crippen LogP contribution in [-0.2, 0) is 29.0 Å². The number of amides is 5. The van der Waals surface area contributed by atoms with E-state index >= 15 is 0 Å². The van der Waals surface area contributed by atoms with Gasteiger partial charge in [0, 0.05) is 6.54 Å². The minimum absolute atomic E-state index is 0.0571. The zero-order chi connectivity index (χ0) is 35.3. The van der Waals surface area contributed by atoms with E-state index in [2.05, 4.69) is 16.0 Å². The fourth-order valence-corrected chi connectivity index (χ4v) is 9.39. The molecule has 0 bridgehead atoms. The number of Topliss-reactive ketones (excluding diaryl/α,β-unsaturated/α-hetero) is 1. The number of primary amides is 1. The van der Waals surface area contributed by atoms with Gasteiger partial charge in [0.05, 0.1) is 22.1 Å². The van der Waals surface area contributed by atoms with Crippen molar-refractivity contribution in [3.8, 4) is 0 Å². The van der Waals surface area contributed by atoms with E-state index in [0.29, 0.717) is 25.8 Å². The summed E-state index contributed by atoms with van der Waals surface area (Å²) < 4.78 is 25.6. The van der Waals surface area contributed by atoms with Crippen molar-refractivity contribution in [3.05, 3.63) is 0 Å². The molecule has 4 aliphatic rings. The van der Waals surface area contributed by atoms with Gasteiger partial charge in [-0.15, -0.1) is 0 Å². The predicted molar refractivity (Wildman–Crippen MR) is 179 cm³/mol. The molecule has 2 unspecified atom stereocenters. The summed E-state index contributed by atoms with van der Waals surface area (Å²) in [5, 5.41) is 8.65. The van der Waals surface area contributed by atoms with Gasteiger partial charge >= 0.3 is 6.03 Å². The zero-order valence-corrected chi connectivity index (χ0v) is 30.3. The Morgan fingerprint density at radius 1 is 0.915 bits per heavy atom. The second-order valence-corrected chi connectivity index (χ2v) is 20.1. The molecule has 0 aromatic rings. The standard InChI is InChI=1S/C34H57N5O7S/c1-31(2,3)26(37-30(44)38-34(15-10-9-11-16-34)19-47(45,46)32(4,5)6)29(43)39-18-21-23(33(21,7)8)24(39)28(42)36-22(25(40)27(35)41)17-20-13-12-14-20/h20-24,26H,9-19H2,1-8H3,(H2,35,41)(H,36,42)(H2,37,38,44)/t21?,22?,23-,24-,26+/m0/s1. The molecule has 266 valence electrons. The van der Waals surface area contributed by atoms with Crippen LogP contribution in [-0.4, -0.2) is 83.6 Å². The number of nitrogens with two attached hydrogens (primary N) is 1. The summed E-state index contributed by atoms with van der Waals surface area (Å²) in [7, 11) is -3.56. The fraction of sp³-hybridized carbons (Fsp3) is 0.853. The van der Waals surface area contributed by atoms with E-state index in [1.54, 1.807) is 20.8 Å². The number of fused-ring (bicyclic) bond motifs is 1. The molecule has 5 N–H and O–H groups in total. The summed E-state index contributed by atoms with van der Waals surface area (Å²) in [5.74, 6) is -2.94. The lowest BCUT2D eigenvalue weighted by atomic mass is 9.80. The van der Waals surface area contributed by atoms with Gasteiger partial charge in [0.1, 0.15) is 12.1 Å². The Morgan fingerprint density at radius 3 is 2.00 bits per heavy atom. The molecule has 1 heterocycles. The summed E-state index contributed by atoms with van der Waals surface area (Å²) in [5.41, 5.74) is 3.42. The van der Waals surface area contributed by atoms with Crippen molar-refractivity contribution in [2.24, 2.45) is 34.3 Å². The third-order valence-corrected chi connectivity index (χ3v) is 14.2. The van der Waals surface area contributed by atoms with Gasteiger partial charge in [-0.3, -0.25) is 19.2 Å². The van der Waals surface area contributed by atoms with Crippen molar-refractivity contribution >= 4 is 39.4 Å². The molecule has 0 radical (unpaired) electrons. The summed E-state index contributed by atoms with van der Waals surface area (Å²) >= 11 is 0. The third kappa shape index (κ3) is 7.80. The zero-order valence-electron chi connectivity index (χ0n) is 29.5. The molecule has 3 aliphatic carbocycles. The number of urea groups is 1. The molecule has 0 spiro atoms. The number of nitrogens with one attached hydrogen (secondary N) is 3. The first-order chi connectivity index (χ1) is 21.5. The number of likely N-dealkylation sites (tertiary alicyclic amines) is 1. The number of hydrogen-bond donors (Lipinski definition) is 4. The smallest absolute Gasteiger partial charge is 0.315 e. The van der Waals surface area contributed by atoms with Gasteiger partial charge in [-0.2, -0.15) is 0 Å². The summed E-state index contributed by atoms with van der Waals surface area (Å²) in [6.45, 7) is 14.9. The predicted octanol–water partition coefficient (Wildman–Crippen LogP) is 2.83. The van der Waals surface area contributed by atoms with Crippen LogP contribution in [0.2, 0.25) is 0 Å². The monoisotopic (exact) mass is 679 g/mol. The van der Waals surface area contributed by atoms with E-state index in [1.807, 2.05) is 34.6 Å². The lowest BCUT2D eigenvalue weighted by Gasteiger charge is -2.41. The van der Waals surface area contributed by atoms with Crippen LogP contribution >= 0.6 is 0 Å². The molecule has 13 heteroatoms. The SMILES string of the molecule is CC(C)(C)[C@H](NC(=O)NC1(CS(=O)(=O)C(C)(C)C)CCCCC1)C(=O)N1CC2[C@@H]([C@H]1C(=O)NC(CC1CCC1)C(=O)C(N)=O)C2(C)C. The Balaban J connectivity index is 1.55. The molecule has 4 rings (SSSR count). The molecule has 0 aromatic carbocycles. The van der Waals surface area contributed by atoms with Gasteiger partial charge in [0.2, 0.25) is 17.6 Å². The van der Waals surface area contributed by atoms with E-state index in [0.717, 1.165) is 38.5 Å². The normalized spacial score (nSPS) is 26.6. The van der Waals surface area contributed by atoms with Crippen LogP contribution in [0.5, 0.6) is 0 Å². The molecule has 47 heavy (non-hydrogen) atoms. The van der Waals surface area contributed by atoms with E-state index in [-0.39, 0.29) is 28.9 Å². The number of piperidine rings is 1. The van der Waals surface area contributed by atoms with Crippen LogP contribution in [0.4, 0.5) is 4.79 Å². The van der Waals surface area contributed by atoms with Crippen molar-refractivity contribution in [2.75, 3.05) is 12.3 Å². The number of hydrogen-bond acceptors (Lipinski definition) is 7. The number of carbonyl (C=O) groups is 5. The Morgan fingerprint density at radius 2 is 1.51 bits per heavy atom. The van der Waals surface area contributed by atoms with Crippen molar-refractivity contribution < 1.29 is 32.4 Å². The fourth-order valence-electron chi connectivity index (χ4n) is 7.87. The number of sulfone groups is 1. The van der Waals surface area contributed by atoms with Crippen LogP contribution in [0.3, 0.4) is 0 Å². The van der Waals surface area contributed by atoms with Crippen LogP contribution in [0, 0.1) is 28.6 Å². The third-order valence-electron chi connectivity index (χ3n) is 11.4. The van der Waals surface area contributed by atoms with Crippen LogP contribution < -0.4 is 21.7 Å². The van der Waals surface area contributed by atoms with E-state index in [4.69, 9.17) is 5.73 Å².